The van der Waals surface area contributed by atoms with Crippen molar-refractivity contribution < 1.29 is 9.53 Å². The van der Waals surface area contributed by atoms with Crippen LogP contribution in [0.25, 0.3) is 0 Å². The number of benzene rings is 1. The van der Waals surface area contributed by atoms with Gasteiger partial charge in [0, 0.05) is 12.0 Å². The topological polar surface area (TPSA) is 26.3 Å². The molecule has 1 unspecified atom stereocenters. The Kier molecular flexibility index (Phi) is 4.78. The van der Waals surface area contributed by atoms with Crippen molar-refractivity contribution in [3.63, 3.8) is 0 Å². The van der Waals surface area contributed by atoms with Crippen molar-refractivity contribution in [3.05, 3.63) is 48.6 Å². The van der Waals surface area contributed by atoms with Gasteiger partial charge in [-0.1, -0.05) is 36.4 Å². The summed E-state index contributed by atoms with van der Waals surface area (Å²) in [4.78, 5) is 11.7. The summed E-state index contributed by atoms with van der Waals surface area (Å²) < 4.78 is 5.34. The van der Waals surface area contributed by atoms with Crippen LogP contribution in [0.4, 0.5) is 0 Å². The van der Waals surface area contributed by atoms with Crippen LogP contribution < -0.4 is 0 Å². The molecule has 0 radical (unpaired) electrons. The van der Waals surface area contributed by atoms with Crippen LogP contribution in [0.1, 0.15) is 23.7 Å². The Labute approximate surface area is 90.6 Å². The fourth-order valence-electron chi connectivity index (χ4n) is 1.29. The maximum atomic E-state index is 11.7. The van der Waals surface area contributed by atoms with Crippen LogP contribution in [0.15, 0.2) is 43.0 Å². The van der Waals surface area contributed by atoms with Crippen molar-refractivity contribution in [1.29, 1.82) is 0 Å². The minimum absolute atomic E-state index is 0.0595. The Morgan fingerprint density at radius 3 is 2.73 bits per heavy atom. The Balaban J connectivity index is 2.45. The number of carbonyl (C=O) groups is 1. The van der Waals surface area contributed by atoms with Gasteiger partial charge in [-0.25, -0.2) is 0 Å². The second kappa shape index (κ2) is 6.14. The van der Waals surface area contributed by atoms with Gasteiger partial charge in [0.15, 0.2) is 5.78 Å². The molecule has 1 atom stereocenters. The highest BCUT2D eigenvalue weighted by molar-refractivity contribution is 5.96. The molecular weight excluding hydrogens is 188 g/mol. The lowest BCUT2D eigenvalue weighted by Crippen LogP contribution is -2.14. The third kappa shape index (κ3) is 4.09. The summed E-state index contributed by atoms with van der Waals surface area (Å²) in [5, 5.41) is 0. The quantitative estimate of drug-likeness (QED) is 0.526. The van der Waals surface area contributed by atoms with Gasteiger partial charge in [0.2, 0.25) is 0 Å². The molecule has 80 valence electrons. The number of ketones is 1. The van der Waals surface area contributed by atoms with Gasteiger partial charge in [-0.2, -0.15) is 0 Å². The predicted octanol–water partition coefficient (Wildman–Crippen LogP) is 2.85. The summed E-state index contributed by atoms with van der Waals surface area (Å²) in [6, 6.07) is 9.27. The van der Waals surface area contributed by atoms with E-state index in [9.17, 15) is 4.79 Å². The largest absolute Gasteiger partial charge is 0.374 e. The van der Waals surface area contributed by atoms with Crippen LogP contribution in [0.2, 0.25) is 0 Å². The van der Waals surface area contributed by atoms with E-state index in [1.807, 2.05) is 37.3 Å². The Morgan fingerprint density at radius 2 is 2.13 bits per heavy atom. The van der Waals surface area contributed by atoms with Gasteiger partial charge in [-0.15, -0.1) is 6.58 Å². The number of ether oxygens (including phenoxy) is 1. The molecule has 15 heavy (non-hydrogen) atoms. The first-order valence-electron chi connectivity index (χ1n) is 5.04. The van der Waals surface area contributed by atoms with E-state index in [0.717, 1.165) is 5.56 Å². The zero-order valence-electron chi connectivity index (χ0n) is 8.98. The molecule has 0 amide bonds. The SMILES string of the molecule is C=CCOC(C)CC(=O)c1ccccc1. The fourth-order valence-corrected chi connectivity index (χ4v) is 1.29. The highest BCUT2D eigenvalue weighted by Gasteiger charge is 2.10. The molecule has 0 aromatic heterocycles. The molecule has 0 aliphatic carbocycles. The Hall–Kier alpha value is -1.41. The molecular formula is C13H16O2. The van der Waals surface area contributed by atoms with E-state index in [2.05, 4.69) is 6.58 Å². The van der Waals surface area contributed by atoms with Gasteiger partial charge in [-0.3, -0.25) is 4.79 Å². The number of hydrogen-bond acceptors (Lipinski definition) is 2. The summed E-state index contributed by atoms with van der Waals surface area (Å²) in [6.07, 6.45) is 2.04. The van der Waals surface area contributed by atoms with Crippen molar-refractivity contribution in [3.8, 4) is 0 Å². The molecule has 1 rings (SSSR count). The molecule has 0 aliphatic rings. The minimum atomic E-state index is -0.0595. The molecule has 1 aromatic rings. The second-order valence-electron chi connectivity index (χ2n) is 3.43. The Morgan fingerprint density at radius 1 is 1.47 bits per heavy atom. The van der Waals surface area contributed by atoms with Crippen LogP contribution in [0.3, 0.4) is 0 Å². The van der Waals surface area contributed by atoms with Crippen molar-refractivity contribution >= 4 is 5.78 Å². The zero-order chi connectivity index (χ0) is 11.1. The van der Waals surface area contributed by atoms with Crippen LogP contribution in [0.5, 0.6) is 0 Å². The van der Waals surface area contributed by atoms with Gasteiger partial charge in [0.1, 0.15) is 0 Å². The standard InChI is InChI=1S/C13H16O2/c1-3-9-15-11(2)10-13(14)12-7-5-4-6-8-12/h3-8,11H,1,9-10H2,2H3. The first-order valence-corrected chi connectivity index (χ1v) is 5.04. The molecule has 2 heteroatoms. The number of carbonyl (C=O) groups excluding carboxylic acids is 1. The van der Waals surface area contributed by atoms with Gasteiger partial charge in [0.05, 0.1) is 12.7 Å². The van der Waals surface area contributed by atoms with E-state index in [1.165, 1.54) is 0 Å². The molecule has 0 spiro atoms. The van der Waals surface area contributed by atoms with Gasteiger partial charge >= 0.3 is 0 Å². The zero-order valence-corrected chi connectivity index (χ0v) is 8.98. The molecule has 0 bridgehead atoms. The highest BCUT2D eigenvalue weighted by atomic mass is 16.5. The smallest absolute Gasteiger partial charge is 0.165 e. The molecule has 0 N–H and O–H groups in total. The predicted molar refractivity (Wildman–Crippen MR) is 61.0 cm³/mol. The number of rotatable bonds is 6. The van der Waals surface area contributed by atoms with Gasteiger partial charge < -0.3 is 4.74 Å². The maximum Gasteiger partial charge on any atom is 0.165 e. The average molecular weight is 204 g/mol. The molecule has 0 heterocycles. The van der Waals surface area contributed by atoms with Crippen molar-refractivity contribution in [2.24, 2.45) is 0 Å². The monoisotopic (exact) mass is 204 g/mol. The van der Waals surface area contributed by atoms with E-state index >= 15 is 0 Å². The number of hydrogen-bond donors (Lipinski definition) is 0. The van der Waals surface area contributed by atoms with Crippen molar-refractivity contribution in [1.82, 2.24) is 0 Å². The van der Waals surface area contributed by atoms with E-state index in [4.69, 9.17) is 4.74 Å². The third-order valence-corrected chi connectivity index (χ3v) is 2.07. The summed E-state index contributed by atoms with van der Waals surface area (Å²) in [7, 11) is 0. The van der Waals surface area contributed by atoms with Crippen molar-refractivity contribution in [2.75, 3.05) is 6.61 Å². The lowest BCUT2D eigenvalue weighted by molar-refractivity contribution is 0.0676. The second-order valence-corrected chi connectivity index (χ2v) is 3.43. The fraction of sp³-hybridized carbons (Fsp3) is 0.308. The van der Waals surface area contributed by atoms with Crippen LogP contribution in [-0.4, -0.2) is 18.5 Å². The molecule has 2 nitrogen and oxygen atoms in total. The van der Waals surface area contributed by atoms with E-state index < -0.39 is 0 Å². The van der Waals surface area contributed by atoms with E-state index in [-0.39, 0.29) is 11.9 Å². The highest BCUT2D eigenvalue weighted by Crippen LogP contribution is 2.07. The molecule has 0 fully saturated rings. The molecule has 0 saturated carbocycles. The van der Waals surface area contributed by atoms with Gasteiger partial charge in [-0.05, 0) is 6.92 Å². The maximum absolute atomic E-state index is 11.7. The summed E-state index contributed by atoms with van der Waals surface area (Å²) in [6.45, 7) is 5.94. The Bertz CT molecular complexity index is 317. The molecule has 0 aliphatic heterocycles. The van der Waals surface area contributed by atoms with Crippen molar-refractivity contribution in [2.45, 2.75) is 19.4 Å². The summed E-state index contributed by atoms with van der Waals surface area (Å²) in [5.41, 5.74) is 0.742. The lowest BCUT2D eigenvalue weighted by atomic mass is 10.1. The van der Waals surface area contributed by atoms with Crippen LogP contribution in [-0.2, 0) is 4.74 Å². The van der Waals surface area contributed by atoms with Crippen LogP contribution in [0, 0.1) is 0 Å². The molecule has 1 aromatic carbocycles. The van der Waals surface area contributed by atoms with Crippen LogP contribution >= 0.6 is 0 Å². The first kappa shape index (κ1) is 11.7. The molecule has 0 saturated heterocycles. The summed E-state index contributed by atoms with van der Waals surface area (Å²) in [5.74, 6) is 0.118. The minimum Gasteiger partial charge on any atom is -0.374 e. The lowest BCUT2D eigenvalue weighted by Gasteiger charge is -2.10. The summed E-state index contributed by atoms with van der Waals surface area (Å²) >= 11 is 0. The number of Topliss-reactive ketones (excluding diaryl/α,β-unsaturated/α-hetero) is 1. The van der Waals surface area contributed by atoms with E-state index in [1.54, 1.807) is 6.08 Å². The van der Waals surface area contributed by atoms with E-state index in [0.29, 0.717) is 13.0 Å². The van der Waals surface area contributed by atoms with Gasteiger partial charge in [0.25, 0.3) is 0 Å². The first-order chi connectivity index (χ1) is 7.24. The third-order valence-electron chi connectivity index (χ3n) is 2.07. The average Bonchev–Trinajstić information content (AvgIpc) is 2.27. The normalized spacial score (nSPS) is 12.1.